The van der Waals surface area contributed by atoms with E-state index < -0.39 is 0 Å². The van der Waals surface area contributed by atoms with Gasteiger partial charge in [0.25, 0.3) is 5.91 Å². The highest BCUT2D eigenvalue weighted by Gasteiger charge is 2.08. The van der Waals surface area contributed by atoms with Gasteiger partial charge < -0.3 is 10.1 Å². The van der Waals surface area contributed by atoms with Crippen LogP contribution in [0.2, 0.25) is 0 Å². The summed E-state index contributed by atoms with van der Waals surface area (Å²) in [6.07, 6.45) is 4.56. The average Bonchev–Trinajstić information content (AvgIpc) is 2.56. The number of aryl methyl sites for hydroxylation is 1. The first-order valence-corrected chi connectivity index (χ1v) is 6.99. The Balaban J connectivity index is 0.00000208. The number of ether oxygens (including phenoxy) is 1. The zero-order valence-electron chi connectivity index (χ0n) is 12.4. The van der Waals surface area contributed by atoms with E-state index in [2.05, 4.69) is 20.3 Å². The van der Waals surface area contributed by atoms with Crippen LogP contribution >= 0.6 is 0 Å². The molecule has 2 heterocycles. The standard InChI is InChI=1S/C17H14N4O2.H2/c1-12-4-2-5-13(8-12)17(22)21-15-9-16(20-11-19-15)23-14-6-3-7-18-10-14;/h2-11H,1H3,(H,19,20,21,22);1H. The van der Waals surface area contributed by atoms with Crippen molar-refractivity contribution in [1.82, 2.24) is 15.0 Å². The van der Waals surface area contributed by atoms with Crippen LogP contribution < -0.4 is 10.1 Å². The summed E-state index contributed by atoms with van der Waals surface area (Å²) >= 11 is 0. The molecule has 6 heteroatoms. The first-order valence-electron chi connectivity index (χ1n) is 6.99. The summed E-state index contributed by atoms with van der Waals surface area (Å²) < 4.78 is 5.56. The molecule has 0 aliphatic carbocycles. The molecule has 23 heavy (non-hydrogen) atoms. The molecule has 0 atom stereocenters. The van der Waals surface area contributed by atoms with E-state index in [0.29, 0.717) is 23.0 Å². The van der Waals surface area contributed by atoms with Crippen LogP contribution in [0.25, 0.3) is 0 Å². The predicted molar refractivity (Wildman–Crippen MR) is 87.6 cm³/mol. The molecule has 6 nitrogen and oxygen atoms in total. The number of pyridine rings is 1. The van der Waals surface area contributed by atoms with Gasteiger partial charge in [0.2, 0.25) is 5.88 Å². The van der Waals surface area contributed by atoms with Crippen molar-refractivity contribution in [2.75, 3.05) is 5.32 Å². The fraction of sp³-hybridized carbons (Fsp3) is 0.0588. The molecule has 116 valence electrons. The summed E-state index contributed by atoms with van der Waals surface area (Å²) in [4.78, 5) is 24.2. The summed E-state index contributed by atoms with van der Waals surface area (Å²) in [6.45, 7) is 1.93. The van der Waals surface area contributed by atoms with Crippen LogP contribution in [-0.2, 0) is 0 Å². The van der Waals surface area contributed by atoms with E-state index in [1.165, 1.54) is 6.33 Å². The maximum Gasteiger partial charge on any atom is 0.256 e. The second kappa shape index (κ2) is 6.65. The molecular weight excluding hydrogens is 292 g/mol. The van der Waals surface area contributed by atoms with Gasteiger partial charge in [0, 0.05) is 19.3 Å². The SMILES string of the molecule is Cc1cccc(C(=O)Nc2cc(Oc3cccnc3)ncn2)c1.[HH]. The van der Waals surface area contributed by atoms with Crippen LogP contribution in [0.4, 0.5) is 5.82 Å². The molecule has 0 aliphatic heterocycles. The average molecular weight is 308 g/mol. The van der Waals surface area contributed by atoms with Gasteiger partial charge in [-0.1, -0.05) is 17.7 Å². The Kier molecular flexibility index (Phi) is 4.24. The van der Waals surface area contributed by atoms with Crippen LogP contribution in [0.3, 0.4) is 0 Å². The molecule has 0 unspecified atom stereocenters. The van der Waals surface area contributed by atoms with Crippen molar-refractivity contribution < 1.29 is 11.0 Å². The van der Waals surface area contributed by atoms with E-state index in [1.807, 2.05) is 25.1 Å². The summed E-state index contributed by atoms with van der Waals surface area (Å²) in [6, 6.07) is 12.4. The molecule has 0 saturated carbocycles. The van der Waals surface area contributed by atoms with Crippen molar-refractivity contribution in [1.29, 1.82) is 0 Å². The van der Waals surface area contributed by atoms with Crippen molar-refractivity contribution in [3.63, 3.8) is 0 Å². The van der Waals surface area contributed by atoms with Crippen LogP contribution in [0.5, 0.6) is 11.6 Å². The minimum Gasteiger partial charge on any atom is -0.437 e. The number of carbonyl (C=O) groups excluding carboxylic acids is 1. The molecular formula is C17H16N4O2. The molecule has 3 aromatic rings. The summed E-state index contributed by atoms with van der Waals surface area (Å²) in [7, 11) is 0. The third kappa shape index (κ3) is 3.88. The molecule has 2 aromatic heterocycles. The minimum atomic E-state index is -0.236. The number of nitrogens with one attached hydrogen (secondary N) is 1. The van der Waals surface area contributed by atoms with Gasteiger partial charge in [0.1, 0.15) is 17.9 Å². The Morgan fingerprint density at radius 2 is 2.09 bits per heavy atom. The number of benzene rings is 1. The van der Waals surface area contributed by atoms with Gasteiger partial charge in [-0.05, 0) is 31.2 Å². The molecule has 0 aliphatic rings. The van der Waals surface area contributed by atoms with Crippen LogP contribution in [0.15, 0.2) is 61.2 Å². The van der Waals surface area contributed by atoms with E-state index in [-0.39, 0.29) is 7.33 Å². The topological polar surface area (TPSA) is 77.0 Å². The number of anilines is 1. The van der Waals surface area contributed by atoms with E-state index in [9.17, 15) is 4.79 Å². The molecule has 0 spiro atoms. The highest BCUT2D eigenvalue weighted by atomic mass is 16.5. The lowest BCUT2D eigenvalue weighted by Crippen LogP contribution is -2.13. The molecule has 0 fully saturated rings. The lowest BCUT2D eigenvalue weighted by molar-refractivity contribution is 0.102. The number of rotatable bonds is 4. The van der Waals surface area contributed by atoms with Crippen LogP contribution in [0.1, 0.15) is 17.3 Å². The second-order valence-corrected chi connectivity index (χ2v) is 4.86. The molecule has 0 radical (unpaired) electrons. The number of amides is 1. The molecule has 1 aromatic carbocycles. The lowest BCUT2D eigenvalue weighted by Gasteiger charge is -2.07. The minimum absolute atomic E-state index is 0. The van der Waals surface area contributed by atoms with Gasteiger partial charge in [-0.3, -0.25) is 9.78 Å². The normalized spacial score (nSPS) is 10.1. The number of hydrogen-bond acceptors (Lipinski definition) is 5. The second-order valence-electron chi connectivity index (χ2n) is 4.86. The molecule has 3 rings (SSSR count). The van der Waals surface area contributed by atoms with E-state index in [4.69, 9.17) is 4.74 Å². The summed E-state index contributed by atoms with van der Waals surface area (Å²) in [5.41, 5.74) is 1.58. The Morgan fingerprint density at radius 3 is 2.87 bits per heavy atom. The van der Waals surface area contributed by atoms with E-state index in [0.717, 1.165) is 5.56 Å². The van der Waals surface area contributed by atoms with Gasteiger partial charge in [0.15, 0.2) is 0 Å². The Bertz CT molecular complexity index is 828. The van der Waals surface area contributed by atoms with Gasteiger partial charge in [-0.15, -0.1) is 0 Å². The quantitative estimate of drug-likeness (QED) is 0.798. The van der Waals surface area contributed by atoms with Crippen molar-refractivity contribution in [3.8, 4) is 11.6 Å². The van der Waals surface area contributed by atoms with E-state index in [1.54, 1.807) is 36.7 Å². The maximum atomic E-state index is 12.2. The van der Waals surface area contributed by atoms with Crippen molar-refractivity contribution in [3.05, 3.63) is 72.3 Å². The number of hydrogen-bond donors (Lipinski definition) is 1. The zero-order chi connectivity index (χ0) is 16.1. The lowest BCUT2D eigenvalue weighted by atomic mass is 10.1. The largest absolute Gasteiger partial charge is 0.437 e. The van der Waals surface area contributed by atoms with Crippen molar-refractivity contribution in [2.45, 2.75) is 6.92 Å². The monoisotopic (exact) mass is 308 g/mol. The fourth-order valence-corrected chi connectivity index (χ4v) is 1.97. The third-order valence-electron chi connectivity index (χ3n) is 3.02. The Hall–Kier alpha value is -3.28. The number of nitrogens with zero attached hydrogens (tertiary/aromatic N) is 3. The van der Waals surface area contributed by atoms with Gasteiger partial charge >= 0.3 is 0 Å². The predicted octanol–water partition coefficient (Wildman–Crippen LogP) is 3.47. The Morgan fingerprint density at radius 1 is 1.17 bits per heavy atom. The highest BCUT2D eigenvalue weighted by Crippen LogP contribution is 2.19. The van der Waals surface area contributed by atoms with Crippen molar-refractivity contribution in [2.24, 2.45) is 0 Å². The van der Waals surface area contributed by atoms with Crippen LogP contribution in [-0.4, -0.2) is 20.9 Å². The zero-order valence-corrected chi connectivity index (χ0v) is 12.4. The smallest absolute Gasteiger partial charge is 0.256 e. The van der Waals surface area contributed by atoms with Gasteiger partial charge in [0.05, 0.1) is 6.20 Å². The molecule has 0 bridgehead atoms. The first kappa shape index (κ1) is 14.6. The highest BCUT2D eigenvalue weighted by molar-refractivity contribution is 6.03. The van der Waals surface area contributed by atoms with E-state index >= 15 is 0 Å². The number of carbonyl (C=O) groups is 1. The maximum absolute atomic E-state index is 12.2. The van der Waals surface area contributed by atoms with Gasteiger partial charge in [-0.2, -0.15) is 0 Å². The van der Waals surface area contributed by atoms with Gasteiger partial charge in [-0.25, -0.2) is 9.97 Å². The van der Waals surface area contributed by atoms with Crippen molar-refractivity contribution >= 4 is 11.7 Å². The summed E-state index contributed by atoms with van der Waals surface area (Å²) in [5, 5.41) is 2.73. The Labute approximate surface area is 134 Å². The first-order chi connectivity index (χ1) is 11.2. The van der Waals surface area contributed by atoms with Crippen LogP contribution in [0, 0.1) is 6.92 Å². The summed E-state index contributed by atoms with van der Waals surface area (Å²) in [5.74, 6) is 1.01. The molecule has 1 N–H and O–H groups in total. The number of aromatic nitrogens is 3. The third-order valence-corrected chi connectivity index (χ3v) is 3.02. The molecule has 1 amide bonds. The molecule has 0 saturated heterocycles. The fourth-order valence-electron chi connectivity index (χ4n) is 1.97.